The maximum absolute atomic E-state index is 13.2. The molecule has 0 amide bonds. The zero-order valence-corrected chi connectivity index (χ0v) is 31.0. The van der Waals surface area contributed by atoms with E-state index in [1.165, 1.54) is 39.0 Å². The maximum Gasteiger partial charge on any atom is 0.338 e. The fourth-order valence-corrected chi connectivity index (χ4v) is 13.3. The second-order valence-corrected chi connectivity index (χ2v) is 16.9. The molecule has 0 saturated heterocycles. The number of hydrogen-bond acceptors (Lipinski definition) is 8. The lowest BCUT2D eigenvalue weighted by Gasteiger charge is -2.26. The number of carbonyl (C=O) groups excluding carboxylic acids is 4. The van der Waals surface area contributed by atoms with Gasteiger partial charge in [0.05, 0.1) is 50.7 Å². The van der Waals surface area contributed by atoms with Crippen molar-refractivity contribution in [3.05, 3.63) is 142 Å². The van der Waals surface area contributed by atoms with Gasteiger partial charge in [-0.3, -0.25) is 0 Å². The third-order valence-electron chi connectivity index (χ3n) is 9.73. The van der Waals surface area contributed by atoms with Crippen molar-refractivity contribution >= 4 is 50.3 Å². The minimum Gasteiger partial charge on any atom is -0.465 e. The molecule has 7 rings (SSSR count). The molecule has 0 unspecified atom stereocenters. The maximum atomic E-state index is 13.2. The summed E-state index contributed by atoms with van der Waals surface area (Å²) in [7, 11) is 3.65. The number of esters is 4. The first-order chi connectivity index (χ1) is 25.3. The third kappa shape index (κ3) is 6.21. The molecule has 8 nitrogen and oxygen atoms in total. The third-order valence-corrected chi connectivity index (χ3v) is 14.9. The summed E-state index contributed by atoms with van der Waals surface area (Å²) < 4.78 is 20.9. The molecular weight excluding hydrogens is 694 g/mol. The van der Waals surface area contributed by atoms with Crippen LogP contribution in [0.1, 0.15) is 63.7 Å². The topological polar surface area (TPSA) is 105 Å². The molecule has 0 aliphatic carbocycles. The average molecular weight is 731 g/mol. The molecule has 0 aromatic heterocycles. The van der Waals surface area contributed by atoms with Crippen LogP contribution in [0, 0.1) is 0 Å². The molecule has 10 heteroatoms. The number of hydrogen-bond donors (Lipinski definition) is 0. The van der Waals surface area contributed by atoms with E-state index in [9.17, 15) is 19.2 Å². The van der Waals surface area contributed by atoms with Gasteiger partial charge in [0.2, 0.25) is 0 Å². The average Bonchev–Trinajstić information content (AvgIpc) is 3.47. The summed E-state index contributed by atoms with van der Waals surface area (Å²) >= 11 is 0. The molecule has 0 fully saturated rings. The fraction of sp³-hybridized carbons (Fsp3) is 0.190. The molecule has 0 N–H and O–H groups in total. The SMILES string of the molecule is COC(=O)c1cccc2c1-c1c(cccc1C(=O)OC)CP(c1ccccc1P1Cc3cccc(C(=O)OC)c3-c3c(cccc3C(=O)OC)C1)C2. The van der Waals surface area contributed by atoms with Crippen LogP contribution in [0.25, 0.3) is 22.3 Å². The largest absolute Gasteiger partial charge is 0.465 e. The van der Waals surface area contributed by atoms with Crippen molar-refractivity contribution in [1.82, 2.24) is 0 Å². The van der Waals surface area contributed by atoms with Gasteiger partial charge in [-0.25, -0.2) is 19.2 Å². The molecule has 0 spiro atoms. The van der Waals surface area contributed by atoms with Crippen LogP contribution in [-0.4, -0.2) is 52.3 Å². The molecular formula is C42H36O8P2. The van der Waals surface area contributed by atoms with Gasteiger partial charge in [0.15, 0.2) is 0 Å². The molecule has 262 valence electrons. The Hall–Kier alpha value is -5.16. The molecule has 0 radical (unpaired) electrons. The monoisotopic (exact) mass is 730 g/mol. The molecule has 0 atom stereocenters. The molecule has 0 bridgehead atoms. The van der Waals surface area contributed by atoms with E-state index in [0.717, 1.165) is 22.3 Å². The Kier molecular flexibility index (Phi) is 10.1. The van der Waals surface area contributed by atoms with Crippen molar-refractivity contribution in [2.75, 3.05) is 28.4 Å². The lowest BCUT2D eigenvalue weighted by Crippen LogP contribution is -2.23. The summed E-state index contributed by atoms with van der Waals surface area (Å²) in [4.78, 5) is 52.7. The molecule has 52 heavy (non-hydrogen) atoms. The Balaban J connectivity index is 1.41. The lowest BCUT2D eigenvalue weighted by molar-refractivity contribution is 0.0590. The Morgan fingerprint density at radius 2 is 0.635 bits per heavy atom. The van der Waals surface area contributed by atoms with Crippen molar-refractivity contribution in [3.63, 3.8) is 0 Å². The highest BCUT2D eigenvalue weighted by atomic mass is 31.1. The summed E-state index contributed by atoms with van der Waals surface area (Å²) in [6, 6.07) is 31.2. The van der Waals surface area contributed by atoms with E-state index in [1.54, 1.807) is 24.3 Å². The normalized spacial score (nSPS) is 13.6. The summed E-state index contributed by atoms with van der Waals surface area (Å²) in [6.45, 7) is 0. The molecule has 5 aromatic carbocycles. The zero-order chi connectivity index (χ0) is 36.5. The number of ether oxygens (including phenoxy) is 4. The number of benzene rings is 5. The van der Waals surface area contributed by atoms with Crippen LogP contribution in [0.15, 0.2) is 97.1 Å². The predicted octanol–water partition coefficient (Wildman–Crippen LogP) is 7.81. The first-order valence-electron chi connectivity index (χ1n) is 16.7. The van der Waals surface area contributed by atoms with Gasteiger partial charge in [0, 0.05) is 22.3 Å². The highest BCUT2D eigenvalue weighted by molar-refractivity contribution is 7.70. The van der Waals surface area contributed by atoms with Crippen molar-refractivity contribution in [2.24, 2.45) is 0 Å². The summed E-state index contributed by atoms with van der Waals surface area (Å²) in [5.74, 6) is -1.87. The Morgan fingerprint density at radius 3 is 0.865 bits per heavy atom. The van der Waals surface area contributed by atoms with Crippen molar-refractivity contribution < 1.29 is 38.1 Å². The van der Waals surface area contributed by atoms with Crippen molar-refractivity contribution in [3.8, 4) is 22.3 Å². The van der Waals surface area contributed by atoms with Crippen molar-refractivity contribution in [1.29, 1.82) is 0 Å². The van der Waals surface area contributed by atoms with E-state index in [2.05, 4.69) is 24.3 Å². The minimum absolute atomic E-state index is 0.409. The molecule has 2 heterocycles. The van der Waals surface area contributed by atoms with Crippen LogP contribution in [0.3, 0.4) is 0 Å². The second-order valence-electron chi connectivity index (χ2n) is 12.5. The van der Waals surface area contributed by atoms with Crippen LogP contribution < -0.4 is 10.6 Å². The quantitative estimate of drug-likeness (QED) is 0.0991. The van der Waals surface area contributed by atoms with Crippen molar-refractivity contribution in [2.45, 2.75) is 24.6 Å². The Morgan fingerprint density at radius 1 is 0.385 bits per heavy atom. The summed E-state index contributed by atoms with van der Waals surface area (Å²) in [5, 5.41) is 2.49. The van der Waals surface area contributed by atoms with Gasteiger partial charge in [0.25, 0.3) is 0 Å². The Labute approximate surface area is 304 Å². The smallest absolute Gasteiger partial charge is 0.338 e. The number of methoxy groups -OCH3 is 4. The van der Waals surface area contributed by atoms with Gasteiger partial charge in [-0.15, -0.1) is 0 Å². The Bertz CT molecular complexity index is 1970. The highest BCUT2D eigenvalue weighted by Gasteiger charge is 2.34. The summed E-state index contributed by atoms with van der Waals surface area (Å²) in [6.07, 6.45) is 2.71. The van der Waals surface area contributed by atoms with Gasteiger partial charge >= 0.3 is 23.9 Å². The number of rotatable bonds is 6. The van der Waals surface area contributed by atoms with E-state index in [1.807, 2.05) is 48.5 Å². The molecule has 0 saturated carbocycles. The molecule has 5 aromatic rings. The van der Waals surface area contributed by atoms with Gasteiger partial charge in [-0.2, -0.15) is 0 Å². The van der Waals surface area contributed by atoms with Crippen LogP contribution in [0.5, 0.6) is 0 Å². The van der Waals surface area contributed by atoms with E-state index in [4.69, 9.17) is 18.9 Å². The fourth-order valence-electron chi connectivity index (χ4n) is 7.50. The van der Waals surface area contributed by atoms with Crippen LogP contribution in [0.4, 0.5) is 0 Å². The number of carbonyl (C=O) groups is 4. The van der Waals surface area contributed by atoms with Crippen LogP contribution in [0.2, 0.25) is 0 Å². The predicted molar refractivity (Wildman–Crippen MR) is 203 cm³/mol. The molecule has 2 aliphatic rings. The van der Waals surface area contributed by atoms with E-state index < -0.39 is 39.7 Å². The number of fused-ring (bicyclic) bond motifs is 6. The van der Waals surface area contributed by atoms with Gasteiger partial charge in [-0.05, 0) is 81.8 Å². The van der Waals surface area contributed by atoms with E-state index >= 15 is 0 Å². The first-order valence-corrected chi connectivity index (χ1v) is 20.1. The van der Waals surface area contributed by atoms with Crippen LogP contribution in [-0.2, 0) is 43.6 Å². The molecule has 2 aliphatic heterocycles. The van der Waals surface area contributed by atoms with Gasteiger partial charge in [-0.1, -0.05) is 88.6 Å². The summed E-state index contributed by atoms with van der Waals surface area (Å²) in [5.41, 5.74) is 8.34. The minimum atomic E-state index is -0.902. The highest BCUT2D eigenvalue weighted by Crippen LogP contribution is 2.55. The van der Waals surface area contributed by atoms with Gasteiger partial charge < -0.3 is 18.9 Å². The standard InChI is InChI=1S/C42H36O8P2/c1-47-39(43)29-15-7-11-25-21-51(22-26-12-8-16-30(40(44)48-2)36(26)35(25)29)33-19-5-6-20-34(33)52-23-27-13-9-17-31(41(45)49-3)37(27)38-28(24-52)14-10-18-32(38)42(46)50-4/h5-20H,21-24H2,1-4H3. The second kappa shape index (κ2) is 14.8. The van der Waals surface area contributed by atoms with E-state index in [-0.39, 0.29) is 0 Å². The van der Waals surface area contributed by atoms with E-state index in [0.29, 0.717) is 69.2 Å². The lowest BCUT2D eigenvalue weighted by atomic mass is 9.88. The van der Waals surface area contributed by atoms with Gasteiger partial charge in [0.1, 0.15) is 0 Å². The van der Waals surface area contributed by atoms with Crippen LogP contribution >= 0.6 is 15.8 Å². The first kappa shape index (κ1) is 35.3. The zero-order valence-electron chi connectivity index (χ0n) is 29.2.